The van der Waals surface area contributed by atoms with E-state index in [4.69, 9.17) is 0 Å². The van der Waals surface area contributed by atoms with Gasteiger partial charge in [0.15, 0.2) is 5.78 Å². The van der Waals surface area contributed by atoms with Crippen LogP contribution < -0.4 is 0 Å². The Morgan fingerprint density at radius 2 is 2.10 bits per heavy atom. The first-order chi connectivity index (χ1) is 9.74. The lowest BCUT2D eigenvalue weighted by atomic mass is 9.94. The second-order valence-electron chi connectivity index (χ2n) is 5.53. The summed E-state index contributed by atoms with van der Waals surface area (Å²) < 4.78 is 0. The third-order valence-electron chi connectivity index (χ3n) is 4.11. The minimum atomic E-state index is 0.133. The van der Waals surface area contributed by atoms with Gasteiger partial charge in [-0.05, 0) is 31.4 Å². The van der Waals surface area contributed by atoms with E-state index in [1.165, 1.54) is 24.1 Å². The molecule has 1 heterocycles. The van der Waals surface area contributed by atoms with Crippen LogP contribution in [0.3, 0.4) is 0 Å². The number of Topliss-reactive ketones (excluding diaryl/α,β-unsaturated/α-hetero) is 1. The van der Waals surface area contributed by atoms with Crippen molar-refractivity contribution in [3.8, 4) is 0 Å². The van der Waals surface area contributed by atoms with Gasteiger partial charge >= 0.3 is 0 Å². The maximum atomic E-state index is 12.4. The zero-order chi connectivity index (χ0) is 14.4. The van der Waals surface area contributed by atoms with Crippen molar-refractivity contribution in [3.63, 3.8) is 0 Å². The van der Waals surface area contributed by atoms with Crippen LogP contribution >= 0.6 is 11.3 Å². The maximum absolute atomic E-state index is 12.4. The number of nitrogens with zero attached hydrogens (tertiary/aromatic N) is 1. The Hall–Kier alpha value is -0.710. The summed E-state index contributed by atoms with van der Waals surface area (Å²) in [5, 5.41) is 9.24. The molecule has 0 saturated heterocycles. The van der Waals surface area contributed by atoms with Crippen LogP contribution in [0.25, 0.3) is 0 Å². The van der Waals surface area contributed by atoms with Crippen molar-refractivity contribution in [3.05, 3.63) is 21.9 Å². The normalized spacial score (nSPS) is 16.8. The number of aliphatic hydroxyl groups excluding tert-OH is 1. The predicted molar refractivity (Wildman–Crippen MR) is 83.6 cm³/mol. The number of hydrogen-bond donors (Lipinski definition) is 1. The average Bonchev–Trinajstić information content (AvgIpc) is 2.97. The highest BCUT2D eigenvalue weighted by Gasteiger charge is 2.23. The molecule has 0 aromatic carbocycles. The van der Waals surface area contributed by atoms with Gasteiger partial charge in [-0.1, -0.05) is 26.2 Å². The highest BCUT2D eigenvalue weighted by molar-refractivity contribution is 7.14. The fourth-order valence-electron chi connectivity index (χ4n) is 2.95. The van der Waals surface area contributed by atoms with Gasteiger partial charge in [-0.15, -0.1) is 11.3 Å². The minimum Gasteiger partial charge on any atom is -0.395 e. The minimum absolute atomic E-state index is 0.133. The van der Waals surface area contributed by atoms with Crippen molar-refractivity contribution in [2.24, 2.45) is 0 Å². The van der Waals surface area contributed by atoms with Crippen LogP contribution in [-0.2, 0) is 6.42 Å². The van der Waals surface area contributed by atoms with Crippen molar-refractivity contribution in [1.82, 2.24) is 4.90 Å². The molecule has 1 saturated carbocycles. The standard InChI is InChI=1S/C16H25NO2S/c1-2-14-8-9-16(20-14)15(19)12-17(10-11-18)13-6-4-3-5-7-13/h8-9,13,18H,2-7,10-12H2,1H3. The van der Waals surface area contributed by atoms with Crippen LogP contribution in [0.2, 0.25) is 0 Å². The highest BCUT2D eigenvalue weighted by Crippen LogP contribution is 2.24. The number of aliphatic hydroxyl groups is 1. The van der Waals surface area contributed by atoms with Crippen LogP contribution in [0.1, 0.15) is 53.6 Å². The van der Waals surface area contributed by atoms with Gasteiger partial charge in [0, 0.05) is 17.5 Å². The van der Waals surface area contributed by atoms with Gasteiger partial charge in [-0.3, -0.25) is 9.69 Å². The van der Waals surface area contributed by atoms with Gasteiger partial charge in [0.2, 0.25) is 0 Å². The number of carbonyl (C=O) groups is 1. The Morgan fingerprint density at radius 1 is 1.35 bits per heavy atom. The van der Waals surface area contributed by atoms with Crippen molar-refractivity contribution < 1.29 is 9.90 Å². The Kier molecular flexibility index (Phi) is 6.20. The number of thiophene rings is 1. The molecule has 1 fully saturated rings. The van der Waals surface area contributed by atoms with Crippen LogP contribution in [-0.4, -0.2) is 41.5 Å². The number of aryl methyl sites for hydroxylation is 1. The first-order valence-corrected chi connectivity index (χ1v) is 8.53. The fraction of sp³-hybridized carbons (Fsp3) is 0.688. The lowest BCUT2D eigenvalue weighted by Gasteiger charge is -2.33. The van der Waals surface area contributed by atoms with E-state index in [2.05, 4.69) is 17.9 Å². The first kappa shape index (κ1) is 15.7. The summed E-state index contributed by atoms with van der Waals surface area (Å²) in [6, 6.07) is 4.48. The second kappa shape index (κ2) is 7.91. The van der Waals surface area contributed by atoms with Gasteiger partial charge in [0.1, 0.15) is 0 Å². The summed E-state index contributed by atoms with van der Waals surface area (Å²) >= 11 is 1.61. The molecular weight excluding hydrogens is 270 g/mol. The maximum Gasteiger partial charge on any atom is 0.186 e. The molecule has 0 unspecified atom stereocenters. The third-order valence-corrected chi connectivity index (χ3v) is 5.38. The topological polar surface area (TPSA) is 40.5 Å². The summed E-state index contributed by atoms with van der Waals surface area (Å²) in [5.41, 5.74) is 0. The van der Waals surface area contributed by atoms with Crippen LogP contribution in [0.4, 0.5) is 0 Å². The number of ketones is 1. The van der Waals surface area contributed by atoms with E-state index < -0.39 is 0 Å². The summed E-state index contributed by atoms with van der Waals surface area (Å²) in [6.45, 7) is 3.31. The molecule has 1 aliphatic rings. The Balaban J connectivity index is 1.97. The third kappa shape index (κ3) is 4.14. The van der Waals surface area contributed by atoms with Crippen molar-refractivity contribution in [2.45, 2.75) is 51.5 Å². The van der Waals surface area contributed by atoms with Crippen LogP contribution in [0.5, 0.6) is 0 Å². The molecule has 0 amide bonds. The number of hydrogen-bond acceptors (Lipinski definition) is 4. The lowest BCUT2D eigenvalue weighted by Crippen LogP contribution is -2.41. The fourth-order valence-corrected chi connectivity index (χ4v) is 3.82. The number of rotatable bonds is 7. The molecule has 1 N–H and O–H groups in total. The van der Waals surface area contributed by atoms with E-state index in [0.29, 0.717) is 19.1 Å². The molecule has 0 aliphatic heterocycles. The zero-order valence-electron chi connectivity index (χ0n) is 12.3. The Morgan fingerprint density at radius 3 is 2.70 bits per heavy atom. The smallest absolute Gasteiger partial charge is 0.186 e. The molecule has 0 radical (unpaired) electrons. The van der Waals surface area contributed by atoms with E-state index in [9.17, 15) is 9.90 Å². The summed E-state index contributed by atoms with van der Waals surface area (Å²) in [7, 11) is 0. The first-order valence-electron chi connectivity index (χ1n) is 7.71. The molecule has 3 nitrogen and oxygen atoms in total. The van der Waals surface area contributed by atoms with E-state index in [-0.39, 0.29) is 12.4 Å². The summed E-state index contributed by atoms with van der Waals surface area (Å²) in [4.78, 5) is 16.7. The van der Waals surface area contributed by atoms with E-state index in [1.54, 1.807) is 11.3 Å². The van der Waals surface area contributed by atoms with E-state index in [1.807, 2.05) is 6.07 Å². The van der Waals surface area contributed by atoms with Gasteiger partial charge in [0.05, 0.1) is 18.0 Å². The molecule has 112 valence electrons. The predicted octanol–water partition coefficient (Wildman–Crippen LogP) is 3.12. The molecule has 0 spiro atoms. The molecule has 0 bridgehead atoms. The van der Waals surface area contributed by atoms with Crippen molar-refractivity contribution in [2.75, 3.05) is 19.7 Å². The molecule has 1 aliphatic carbocycles. The molecule has 20 heavy (non-hydrogen) atoms. The van der Waals surface area contributed by atoms with Crippen molar-refractivity contribution >= 4 is 17.1 Å². The SMILES string of the molecule is CCc1ccc(C(=O)CN(CCO)C2CCCCC2)s1. The number of carbonyl (C=O) groups excluding carboxylic acids is 1. The van der Waals surface area contributed by atoms with Crippen LogP contribution in [0, 0.1) is 0 Å². The zero-order valence-corrected chi connectivity index (χ0v) is 13.1. The molecule has 0 atom stereocenters. The van der Waals surface area contributed by atoms with Crippen molar-refractivity contribution in [1.29, 1.82) is 0 Å². The molecule has 1 aromatic heterocycles. The van der Waals surface area contributed by atoms with Gasteiger partial charge < -0.3 is 5.11 Å². The Labute approximate surface area is 125 Å². The molecular formula is C16H25NO2S. The lowest BCUT2D eigenvalue weighted by molar-refractivity contribution is 0.0818. The van der Waals surface area contributed by atoms with Gasteiger partial charge in [0.25, 0.3) is 0 Å². The van der Waals surface area contributed by atoms with Crippen LogP contribution in [0.15, 0.2) is 12.1 Å². The summed E-state index contributed by atoms with van der Waals surface area (Å²) in [5.74, 6) is 0.203. The highest BCUT2D eigenvalue weighted by atomic mass is 32.1. The second-order valence-corrected chi connectivity index (χ2v) is 6.70. The average molecular weight is 295 g/mol. The Bertz CT molecular complexity index is 424. The molecule has 2 rings (SSSR count). The van der Waals surface area contributed by atoms with Gasteiger partial charge in [-0.25, -0.2) is 0 Å². The monoisotopic (exact) mass is 295 g/mol. The largest absolute Gasteiger partial charge is 0.395 e. The van der Waals surface area contributed by atoms with Gasteiger partial charge in [-0.2, -0.15) is 0 Å². The quantitative estimate of drug-likeness (QED) is 0.786. The van der Waals surface area contributed by atoms with E-state index >= 15 is 0 Å². The molecule has 4 heteroatoms. The molecule has 1 aromatic rings. The van der Waals surface area contributed by atoms with E-state index in [0.717, 1.165) is 24.1 Å². The summed E-state index contributed by atoms with van der Waals surface area (Å²) in [6.07, 6.45) is 7.12.